The van der Waals surface area contributed by atoms with Crippen molar-refractivity contribution in [2.24, 2.45) is 5.41 Å². The van der Waals surface area contributed by atoms with Crippen molar-refractivity contribution in [1.82, 2.24) is 10.6 Å². The number of carbonyl (C=O) groups is 1. The van der Waals surface area contributed by atoms with Gasteiger partial charge < -0.3 is 10.6 Å². The van der Waals surface area contributed by atoms with Gasteiger partial charge in [0, 0.05) is 18.7 Å². The summed E-state index contributed by atoms with van der Waals surface area (Å²) in [7, 11) is 0. The molecule has 0 spiro atoms. The van der Waals surface area contributed by atoms with Crippen molar-refractivity contribution in [2.75, 3.05) is 13.1 Å². The van der Waals surface area contributed by atoms with E-state index in [0.29, 0.717) is 0 Å². The normalized spacial score (nSPS) is 22.8. The van der Waals surface area contributed by atoms with Gasteiger partial charge in [-0.15, -0.1) is 0 Å². The van der Waals surface area contributed by atoms with E-state index in [1.165, 1.54) is 18.2 Å². The van der Waals surface area contributed by atoms with E-state index in [9.17, 15) is 22.4 Å². The minimum absolute atomic E-state index is 0.132. The van der Waals surface area contributed by atoms with E-state index in [4.69, 9.17) is 0 Å². The van der Waals surface area contributed by atoms with Gasteiger partial charge in [-0.25, -0.2) is 4.39 Å². The van der Waals surface area contributed by atoms with E-state index in [1.54, 1.807) is 6.07 Å². The number of hydrogen-bond donors (Lipinski definition) is 2. The Balaban J connectivity index is 2.09. The van der Waals surface area contributed by atoms with Gasteiger partial charge in [-0.3, -0.25) is 4.79 Å². The lowest BCUT2D eigenvalue weighted by Crippen LogP contribution is -2.52. The molecule has 1 heterocycles. The molecule has 110 valence electrons. The first kappa shape index (κ1) is 14.8. The van der Waals surface area contributed by atoms with Crippen LogP contribution in [0.15, 0.2) is 24.3 Å². The van der Waals surface area contributed by atoms with Crippen LogP contribution in [0.3, 0.4) is 0 Å². The minimum Gasteiger partial charge on any atom is -0.351 e. The molecule has 0 radical (unpaired) electrons. The van der Waals surface area contributed by atoms with Gasteiger partial charge in [-0.1, -0.05) is 18.2 Å². The molecule has 1 atom stereocenters. The average molecular weight is 290 g/mol. The molecule has 2 rings (SSSR count). The van der Waals surface area contributed by atoms with Crippen molar-refractivity contribution in [1.29, 1.82) is 0 Å². The SMILES string of the molecule is O=C(NCc1ccccc1F)C1(C(F)(F)F)CCNC1. The van der Waals surface area contributed by atoms with Crippen molar-refractivity contribution < 1.29 is 22.4 Å². The third-order valence-electron chi connectivity index (χ3n) is 3.53. The molecule has 1 fully saturated rings. The molecule has 3 nitrogen and oxygen atoms in total. The predicted octanol–water partition coefficient (Wildman–Crippen LogP) is 1.98. The van der Waals surface area contributed by atoms with E-state index in [0.717, 1.165) is 0 Å². The highest BCUT2D eigenvalue weighted by Crippen LogP contribution is 2.43. The van der Waals surface area contributed by atoms with Gasteiger partial charge in [0.05, 0.1) is 0 Å². The highest BCUT2D eigenvalue weighted by molar-refractivity contribution is 5.84. The van der Waals surface area contributed by atoms with Crippen molar-refractivity contribution in [2.45, 2.75) is 19.1 Å². The Labute approximate surface area is 113 Å². The van der Waals surface area contributed by atoms with Gasteiger partial charge in [0.2, 0.25) is 5.91 Å². The molecule has 2 N–H and O–H groups in total. The number of carbonyl (C=O) groups excluding carboxylic acids is 1. The molecule has 0 saturated carbocycles. The monoisotopic (exact) mass is 290 g/mol. The Morgan fingerprint density at radius 3 is 2.60 bits per heavy atom. The first-order chi connectivity index (χ1) is 9.37. The van der Waals surface area contributed by atoms with Crippen LogP contribution in [0.2, 0.25) is 0 Å². The fourth-order valence-electron chi connectivity index (χ4n) is 2.24. The highest BCUT2D eigenvalue weighted by atomic mass is 19.4. The first-order valence-corrected chi connectivity index (χ1v) is 6.16. The minimum atomic E-state index is -4.63. The standard InChI is InChI=1S/C13H14F4N2O/c14-10-4-2-1-3-9(10)7-19-11(20)12(13(15,16)17)5-6-18-8-12/h1-4,18H,5-8H2,(H,19,20). The zero-order valence-corrected chi connectivity index (χ0v) is 10.6. The van der Waals surface area contributed by atoms with E-state index < -0.39 is 29.9 Å². The number of benzene rings is 1. The molecule has 1 aromatic rings. The lowest BCUT2D eigenvalue weighted by molar-refractivity contribution is -0.216. The van der Waals surface area contributed by atoms with Crippen LogP contribution in [0.5, 0.6) is 0 Å². The zero-order chi connectivity index (χ0) is 14.8. The van der Waals surface area contributed by atoms with E-state index in [2.05, 4.69) is 10.6 Å². The molecular weight excluding hydrogens is 276 g/mol. The Hall–Kier alpha value is -1.63. The maximum atomic E-state index is 13.4. The van der Waals surface area contributed by atoms with Crippen LogP contribution in [0.4, 0.5) is 17.6 Å². The fraction of sp³-hybridized carbons (Fsp3) is 0.462. The maximum Gasteiger partial charge on any atom is 0.404 e. The topological polar surface area (TPSA) is 41.1 Å². The number of rotatable bonds is 3. The Kier molecular flexibility index (Phi) is 3.99. The Morgan fingerprint density at radius 1 is 1.35 bits per heavy atom. The van der Waals surface area contributed by atoms with Gasteiger partial charge in [-0.2, -0.15) is 13.2 Å². The van der Waals surface area contributed by atoms with Gasteiger partial charge in [0.15, 0.2) is 5.41 Å². The molecule has 1 amide bonds. The van der Waals surface area contributed by atoms with Gasteiger partial charge in [0.25, 0.3) is 0 Å². The summed E-state index contributed by atoms with van der Waals surface area (Å²) < 4.78 is 52.7. The number of halogens is 4. The average Bonchev–Trinajstić information content (AvgIpc) is 2.87. The molecule has 1 aromatic carbocycles. The first-order valence-electron chi connectivity index (χ1n) is 6.16. The maximum absolute atomic E-state index is 13.4. The summed E-state index contributed by atoms with van der Waals surface area (Å²) in [5.74, 6) is -1.67. The van der Waals surface area contributed by atoms with Crippen LogP contribution in [0.25, 0.3) is 0 Å². The molecule has 1 saturated heterocycles. The van der Waals surface area contributed by atoms with Crippen LogP contribution in [-0.4, -0.2) is 25.2 Å². The summed E-state index contributed by atoms with van der Waals surface area (Å²) in [4.78, 5) is 11.9. The second-order valence-corrected chi connectivity index (χ2v) is 4.78. The number of hydrogen-bond acceptors (Lipinski definition) is 2. The predicted molar refractivity (Wildman–Crippen MR) is 64.2 cm³/mol. The third-order valence-corrected chi connectivity index (χ3v) is 3.53. The Morgan fingerprint density at radius 2 is 2.05 bits per heavy atom. The fourth-order valence-corrected chi connectivity index (χ4v) is 2.24. The second kappa shape index (κ2) is 5.40. The summed E-state index contributed by atoms with van der Waals surface area (Å²) in [6, 6.07) is 5.64. The molecule has 20 heavy (non-hydrogen) atoms. The Bertz CT molecular complexity index is 495. The molecular formula is C13H14F4N2O. The lowest BCUT2D eigenvalue weighted by Gasteiger charge is -2.29. The number of nitrogens with one attached hydrogen (secondary N) is 2. The van der Waals surface area contributed by atoms with Crippen molar-refractivity contribution >= 4 is 5.91 Å². The lowest BCUT2D eigenvalue weighted by atomic mass is 9.85. The van der Waals surface area contributed by atoms with Crippen LogP contribution < -0.4 is 10.6 Å². The summed E-state index contributed by atoms with van der Waals surface area (Å²) in [5, 5.41) is 4.75. The highest BCUT2D eigenvalue weighted by Gasteiger charge is 2.61. The summed E-state index contributed by atoms with van der Waals surface area (Å²) in [5.41, 5.74) is -2.26. The number of amides is 1. The van der Waals surface area contributed by atoms with E-state index in [1.807, 2.05) is 0 Å². The quantitative estimate of drug-likeness (QED) is 0.836. The van der Waals surface area contributed by atoms with Gasteiger partial charge in [0.1, 0.15) is 5.82 Å². The smallest absolute Gasteiger partial charge is 0.351 e. The molecule has 1 aliphatic heterocycles. The molecule has 1 aliphatic rings. The van der Waals surface area contributed by atoms with Crippen LogP contribution in [0, 0.1) is 11.2 Å². The van der Waals surface area contributed by atoms with E-state index >= 15 is 0 Å². The van der Waals surface area contributed by atoms with E-state index in [-0.39, 0.29) is 25.1 Å². The molecule has 0 aromatic heterocycles. The molecule has 7 heteroatoms. The number of alkyl halides is 3. The molecule has 1 unspecified atom stereocenters. The van der Waals surface area contributed by atoms with Crippen molar-refractivity contribution in [3.05, 3.63) is 35.6 Å². The van der Waals surface area contributed by atoms with Crippen LogP contribution in [-0.2, 0) is 11.3 Å². The van der Waals surface area contributed by atoms with Crippen LogP contribution >= 0.6 is 0 Å². The molecule has 0 bridgehead atoms. The summed E-state index contributed by atoms with van der Waals surface area (Å²) >= 11 is 0. The van der Waals surface area contributed by atoms with Crippen LogP contribution in [0.1, 0.15) is 12.0 Å². The summed E-state index contributed by atoms with van der Waals surface area (Å²) in [6.07, 6.45) is -4.94. The van der Waals surface area contributed by atoms with Gasteiger partial charge >= 0.3 is 6.18 Å². The zero-order valence-electron chi connectivity index (χ0n) is 10.6. The molecule has 0 aliphatic carbocycles. The summed E-state index contributed by atoms with van der Waals surface area (Å²) in [6.45, 7) is -0.574. The largest absolute Gasteiger partial charge is 0.404 e. The third kappa shape index (κ3) is 2.63. The van der Waals surface area contributed by atoms with Gasteiger partial charge in [-0.05, 0) is 19.0 Å². The van der Waals surface area contributed by atoms with Crippen molar-refractivity contribution in [3.8, 4) is 0 Å². The van der Waals surface area contributed by atoms with Crippen molar-refractivity contribution in [3.63, 3.8) is 0 Å². The second-order valence-electron chi connectivity index (χ2n) is 4.78.